The molecule has 26 heavy (non-hydrogen) atoms. The Hall–Kier alpha value is -0.850. The van der Waals surface area contributed by atoms with Crippen LogP contribution in [0.2, 0.25) is 0 Å². The molecule has 152 valence electrons. The van der Waals surface area contributed by atoms with Gasteiger partial charge in [-0.3, -0.25) is 9.89 Å². The van der Waals surface area contributed by atoms with E-state index in [4.69, 9.17) is 9.73 Å². The highest BCUT2D eigenvalue weighted by molar-refractivity contribution is 5.79. The second-order valence-electron chi connectivity index (χ2n) is 7.73. The van der Waals surface area contributed by atoms with E-state index in [1.807, 2.05) is 0 Å². The van der Waals surface area contributed by atoms with Gasteiger partial charge in [0.1, 0.15) is 0 Å². The number of nitrogens with one attached hydrogen (secondary N) is 2. The van der Waals surface area contributed by atoms with Crippen molar-refractivity contribution >= 4 is 5.96 Å². The molecule has 2 N–H and O–H groups in total. The van der Waals surface area contributed by atoms with Crippen molar-refractivity contribution in [1.82, 2.24) is 20.4 Å². The van der Waals surface area contributed by atoms with Crippen LogP contribution in [0.3, 0.4) is 0 Å². The normalized spacial score (nSPS) is 24.4. The molecule has 0 aliphatic carbocycles. The lowest BCUT2D eigenvalue weighted by molar-refractivity contribution is 0.0220. The summed E-state index contributed by atoms with van der Waals surface area (Å²) in [5, 5.41) is 6.88. The summed E-state index contributed by atoms with van der Waals surface area (Å²) in [4.78, 5) is 9.92. The maximum Gasteiger partial charge on any atom is 0.191 e. The van der Waals surface area contributed by atoms with Crippen molar-refractivity contribution in [3.8, 4) is 0 Å². The van der Waals surface area contributed by atoms with Crippen LogP contribution in [0.15, 0.2) is 4.99 Å². The molecule has 6 nitrogen and oxygen atoms in total. The Bertz CT molecular complexity index is 398. The molecule has 0 bridgehead atoms. The van der Waals surface area contributed by atoms with E-state index in [0.717, 1.165) is 57.9 Å². The molecule has 0 saturated carbocycles. The zero-order valence-corrected chi connectivity index (χ0v) is 17.3. The third-order valence-corrected chi connectivity index (χ3v) is 5.63. The monoisotopic (exact) mass is 367 g/mol. The van der Waals surface area contributed by atoms with E-state index < -0.39 is 0 Å². The highest BCUT2D eigenvalue weighted by Crippen LogP contribution is 2.16. The van der Waals surface area contributed by atoms with Crippen LogP contribution in [0.1, 0.15) is 52.9 Å². The summed E-state index contributed by atoms with van der Waals surface area (Å²) in [5.41, 5.74) is 0. The standard InChI is InChI=1S/C20H41N5O/c1-4-21-20(23-17-19(3)25-13-15-26-16-14-25)22-10-6-8-12-24-11-7-5-9-18(24)2/h18-19H,4-17H2,1-3H3,(H2,21,22,23). The summed E-state index contributed by atoms with van der Waals surface area (Å²) in [6.45, 7) is 15.8. The molecule has 2 fully saturated rings. The van der Waals surface area contributed by atoms with Crippen molar-refractivity contribution in [2.75, 3.05) is 59.0 Å². The van der Waals surface area contributed by atoms with Gasteiger partial charge in [-0.1, -0.05) is 6.42 Å². The Labute approximate surface area is 160 Å². The van der Waals surface area contributed by atoms with Crippen LogP contribution in [0.4, 0.5) is 0 Å². The summed E-state index contributed by atoms with van der Waals surface area (Å²) in [6, 6.07) is 1.24. The highest BCUT2D eigenvalue weighted by atomic mass is 16.5. The number of hydrogen-bond acceptors (Lipinski definition) is 4. The summed E-state index contributed by atoms with van der Waals surface area (Å²) in [7, 11) is 0. The minimum Gasteiger partial charge on any atom is -0.379 e. The van der Waals surface area contributed by atoms with E-state index in [-0.39, 0.29) is 0 Å². The van der Waals surface area contributed by atoms with E-state index in [1.54, 1.807) is 0 Å². The maximum absolute atomic E-state index is 5.43. The fourth-order valence-corrected chi connectivity index (χ4v) is 3.84. The van der Waals surface area contributed by atoms with Crippen LogP contribution in [-0.2, 0) is 4.74 Å². The molecule has 2 unspecified atom stereocenters. The summed E-state index contributed by atoms with van der Waals surface area (Å²) in [6.07, 6.45) is 6.62. The summed E-state index contributed by atoms with van der Waals surface area (Å²) < 4.78 is 5.43. The fraction of sp³-hybridized carbons (Fsp3) is 0.950. The van der Waals surface area contributed by atoms with Gasteiger partial charge in [-0.2, -0.15) is 0 Å². The van der Waals surface area contributed by atoms with Gasteiger partial charge in [-0.25, -0.2) is 0 Å². The van der Waals surface area contributed by atoms with Crippen molar-refractivity contribution in [1.29, 1.82) is 0 Å². The largest absolute Gasteiger partial charge is 0.379 e. The van der Waals surface area contributed by atoms with Gasteiger partial charge in [-0.15, -0.1) is 0 Å². The average Bonchev–Trinajstić information content (AvgIpc) is 2.67. The predicted molar refractivity (Wildman–Crippen MR) is 110 cm³/mol. The first-order valence-corrected chi connectivity index (χ1v) is 10.8. The van der Waals surface area contributed by atoms with Crippen molar-refractivity contribution < 1.29 is 4.74 Å². The number of piperidine rings is 1. The molecule has 0 spiro atoms. The lowest BCUT2D eigenvalue weighted by Crippen LogP contribution is -2.44. The minimum atomic E-state index is 0.468. The quantitative estimate of drug-likeness (QED) is 0.370. The van der Waals surface area contributed by atoms with Crippen molar-refractivity contribution in [3.05, 3.63) is 0 Å². The number of likely N-dealkylation sites (tertiary alicyclic amines) is 1. The Morgan fingerprint density at radius 2 is 1.96 bits per heavy atom. The van der Waals surface area contributed by atoms with Crippen molar-refractivity contribution in [3.63, 3.8) is 0 Å². The fourth-order valence-electron chi connectivity index (χ4n) is 3.84. The third kappa shape index (κ3) is 7.80. The van der Waals surface area contributed by atoms with Gasteiger partial charge in [0, 0.05) is 38.3 Å². The lowest BCUT2D eigenvalue weighted by atomic mass is 10.0. The zero-order valence-electron chi connectivity index (χ0n) is 17.3. The molecule has 2 heterocycles. The first kappa shape index (κ1) is 21.5. The second-order valence-corrected chi connectivity index (χ2v) is 7.73. The highest BCUT2D eigenvalue weighted by Gasteiger charge is 2.17. The van der Waals surface area contributed by atoms with E-state index >= 15 is 0 Å². The number of ether oxygens (including phenoxy) is 1. The molecular weight excluding hydrogens is 326 g/mol. The molecule has 6 heteroatoms. The van der Waals surface area contributed by atoms with Crippen LogP contribution in [0.5, 0.6) is 0 Å². The molecule has 0 amide bonds. The molecular formula is C20H41N5O. The molecule has 0 radical (unpaired) electrons. The van der Waals surface area contributed by atoms with E-state index in [0.29, 0.717) is 6.04 Å². The molecule has 2 atom stereocenters. The van der Waals surface area contributed by atoms with E-state index in [2.05, 4.69) is 41.2 Å². The van der Waals surface area contributed by atoms with Crippen molar-refractivity contribution in [2.45, 2.75) is 65.0 Å². The SMILES string of the molecule is CCNC(=NCC(C)N1CCOCC1)NCCCCN1CCCCC1C. The van der Waals surface area contributed by atoms with Gasteiger partial charge in [0.15, 0.2) is 5.96 Å². The number of aliphatic imine (C=N–C) groups is 1. The van der Waals surface area contributed by atoms with Crippen LogP contribution < -0.4 is 10.6 Å². The minimum absolute atomic E-state index is 0.468. The van der Waals surface area contributed by atoms with E-state index in [1.165, 1.54) is 45.2 Å². The van der Waals surface area contributed by atoms with Crippen LogP contribution in [0, 0.1) is 0 Å². The molecule has 2 saturated heterocycles. The lowest BCUT2D eigenvalue weighted by Gasteiger charge is -2.33. The number of morpholine rings is 1. The molecule has 0 aromatic heterocycles. The third-order valence-electron chi connectivity index (χ3n) is 5.63. The van der Waals surface area contributed by atoms with Gasteiger partial charge in [-0.05, 0) is 59.5 Å². The average molecular weight is 368 g/mol. The van der Waals surface area contributed by atoms with Gasteiger partial charge in [0.05, 0.1) is 19.8 Å². The Morgan fingerprint density at radius 3 is 2.69 bits per heavy atom. The number of hydrogen-bond donors (Lipinski definition) is 2. The summed E-state index contributed by atoms with van der Waals surface area (Å²) in [5.74, 6) is 0.957. The molecule has 2 aliphatic rings. The van der Waals surface area contributed by atoms with Gasteiger partial charge >= 0.3 is 0 Å². The number of rotatable bonds is 9. The molecule has 2 rings (SSSR count). The first-order chi connectivity index (χ1) is 12.7. The van der Waals surface area contributed by atoms with Crippen LogP contribution in [-0.4, -0.2) is 86.9 Å². The number of nitrogens with zero attached hydrogens (tertiary/aromatic N) is 3. The zero-order chi connectivity index (χ0) is 18.6. The van der Waals surface area contributed by atoms with Gasteiger partial charge in [0.25, 0.3) is 0 Å². The van der Waals surface area contributed by atoms with Crippen LogP contribution >= 0.6 is 0 Å². The Balaban J connectivity index is 1.63. The predicted octanol–water partition coefficient (Wildman–Crippen LogP) is 1.92. The smallest absolute Gasteiger partial charge is 0.191 e. The molecule has 0 aromatic carbocycles. The van der Waals surface area contributed by atoms with E-state index in [9.17, 15) is 0 Å². The molecule has 2 aliphatic heterocycles. The topological polar surface area (TPSA) is 52.1 Å². The Morgan fingerprint density at radius 1 is 1.15 bits per heavy atom. The van der Waals surface area contributed by atoms with Crippen molar-refractivity contribution in [2.24, 2.45) is 4.99 Å². The van der Waals surface area contributed by atoms with Gasteiger partial charge in [0.2, 0.25) is 0 Å². The first-order valence-electron chi connectivity index (χ1n) is 10.8. The Kier molecular flexibility index (Phi) is 10.3. The summed E-state index contributed by atoms with van der Waals surface area (Å²) >= 11 is 0. The number of unbranched alkanes of at least 4 members (excludes halogenated alkanes) is 1. The van der Waals surface area contributed by atoms with Gasteiger partial charge < -0.3 is 20.3 Å². The van der Waals surface area contributed by atoms with Crippen LogP contribution in [0.25, 0.3) is 0 Å². The second kappa shape index (κ2) is 12.5. The number of guanidine groups is 1. The maximum atomic E-state index is 5.43. The molecule has 0 aromatic rings.